The summed E-state index contributed by atoms with van der Waals surface area (Å²) in [7, 11) is -7.71. The summed E-state index contributed by atoms with van der Waals surface area (Å²) in [5.74, 6) is 0.342. The first kappa shape index (κ1) is 22.9. The van der Waals surface area contributed by atoms with Gasteiger partial charge in [-0.25, -0.2) is 16.8 Å². The summed E-state index contributed by atoms with van der Waals surface area (Å²) in [4.78, 5) is -0.491. The van der Waals surface area contributed by atoms with Crippen molar-refractivity contribution in [3.63, 3.8) is 0 Å². The fourth-order valence-corrected chi connectivity index (χ4v) is 6.85. The molecule has 0 fully saturated rings. The molecule has 0 unspecified atom stereocenters. The summed E-state index contributed by atoms with van der Waals surface area (Å²) in [6.45, 7) is 3.06. The van der Waals surface area contributed by atoms with Crippen LogP contribution in [0.2, 0.25) is 5.02 Å². The molecule has 0 heterocycles. The van der Waals surface area contributed by atoms with Gasteiger partial charge in [0.2, 0.25) is 0 Å². The zero-order chi connectivity index (χ0) is 23.0. The summed E-state index contributed by atoms with van der Waals surface area (Å²) in [6, 6.07) is 13.2. The highest BCUT2D eigenvalue weighted by molar-refractivity contribution is 8.10. The Hall–Kier alpha value is -2.75. The number of ether oxygens (including phenoxy) is 1. The van der Waals surface area contributed by atoms with Gasteiger partial charge in [-0.15, -0.1) is 0 Å². The number of halogens is 1. The van der Waals surface area contributed by atoms with Crippen molar-refractivity contribution in [1.82, 2.24) is 0 Å². The van der Waals surface area contributed by atoms with Crippen molar-refractivity contribution >= 4 is 37.3 Å². The lowest BCUT2D eigenvalue weighted by Gasteiger charge is -2.26. The maximum atomic E-state index is 13.6. The van der Waals surface area contributed by atoms with Gasteiger partial charge in [-0.2, -0.15) is 3.71 Å². The van der Waals surface area contributed by atoms with E-state index in [1.807, 2.05) is 0 Å². The average Bonchev–Trinajstić information content (AvgIpc) is 2.72. The third-order valence-corrected chi connectivity index (χ3v) is 9.05. The van der Waals surface area contributed by atoms with Crippen molar-refractivity contribution in [1.29, 1.82) is 0 Å². The molecule has 164 valence electrons. The van der Waals surface area contributed by atoms with Gasteiger partial charge in [0, 0.05) is 5.02 Å². The largest absolute Gasteiger partial charge is 0.508 e. The maximum absolute atomic E-state index is 13.6. The number of rotatable bonds is 6. The van der Waals surface area contributed by atoms with E-state index in [0.717, 1.165) is 0 Å². The van der Waals surface area contributed by atoms with Crippen molar-refractivity contribution in [2.45, 2.75) is 23.6 Å². The van der Waals surface area contributed by atoms with Gasteiger partial charge < -0.3 is 9.84 Å². The van der Waals surface area contributed by atoms with E-state index in [2.05, 4.69) is 0 Å². The highest BCUT2D eigenvalue weighted by atomic mass is 35.5. The molecule has 10 heteroatoms. The number of aryl methyl sites for hydroxylation is 2. The van der Waals surface area contributed by atoms with Crippen LogP contribution in [0, 0.1) is 13.8 Å². The number of phenolic OH excluding ortho intramolecular Hbond substituents is 1. The molecular weight excluding hydrogens is 462 g/mol. The summed E-state index contributed by atoms with van der Waals surface area (Å²) >= 11 is 5.87. The van der Waals surface area contributed by atoms with Gasteiger partial charge in [0.1, 0.15) is 11.5 Å². The lowest BCUT2D eigenvalue weighted by molar-refractivity contribution is 0.414. The first-order chi connectivity index (χ1) is 14.5. The molecule has 0 spiro atoms. The molecule has 0 amide bonds. The number of aromatic hydroxyl groups is 1. The van der Waals surface area contributed by atoms with E-state index in [4.69, 9.17) is 16.3 Å². The van der Waals surface area contributed by atoms with E-state index < -0.39 is 20.0 Å². The lowest BCUT2D eigenvalue weighted by atomic mass is 10.1. The van der Waals surface area contributed by atoms with Gasteiger partial charge in [-0.05, 0) is 85.6 Å². The summed E-state index contributed by atoms with van der Waals surface area (Å²) in [5, 5.41) is 10.3. The molecule has 0 aliphatic heterocycles. The second-order valence-corrected chi connectivity index (χ2v) is 11.0. The number of methoxy groups -OCH3 is 1. The second-order valence-electron chi connectivity index (χ2n) is 6.76. The molecule has 0 bridgehead atoms. The SMILES string of the molecule is COc1ccc(S(=O)(=O)N(c2cc(C)c(O)cc2C)S(=O)(=O)c2ccc(Cl)cc2)cc1. The predicted octanol–water partition coefficient (Wildman–Crippen LogP) is 4.26. The van der Waals surface area contributed by atoms with Crippen LogP contribution in [0.25, 0.3) is 0 Å². The number of anilines is 1. The van der Waals surface area contributed by atoms with Crippen LogP contribution in [0.5, 0.6) is 11.5 Å². The Morgan fingerprint density at radius 3 is 1.77 bits per heavy atom. The smallest absolute Gasteiger partial charge is 0.277 e. The molecule has 0 aromatic heterocycles. The Balaban J connectivity index is 2.31. The number of hydrogen-bond donors (Lipinski definition) is 1. The molecular formula is C21H20ClNO6S2. The number of benzene rings is 3. The molecule has 1 N–H and O–H groups in total. The van der Waals surface area contributed by atoms with Crippen LogP contribution < -0.4 is 8.45 Å². The minimum atomic E-state index is -4.57. The Bertz CT molecular complexity index is 1320. The van der Waals surface area contributed by atoms with Gasteiger partial charge in [-0.3, -0.25) is 0 Å². The van der Waals surface area contributed by atoms with Crippen molar-refractivity contribution in [3.8, 4) is 11.5 Å². The molecule has 3 aromatic carbocycles. The van der Waals surface area contributed by atoms with Crippen LogP contribution in [0.3, 0.4) is 0 Å². The number of nitrogens with zero attached hydrogens (tertiary/aromatic N) is 1. The number of sulfonamides is 2. The minimum absolute atomic E-state index is 0.0769. The first-order valence-electron chi connectivity index (χ1n) is 8.99. The molecule has 0 aliphatic carbocycles. The van der Waals surface area contributed by atoms with Gasteiger partial charge in [0.05, 0.1) is 22.6 Å². The topological polar surface area (TPSA) is 101 Å². The van der Waals surface area contributed by atoms with Crippen LogP contribution in [-0.4, -0.2) is 29.1 Å². The zero-order valence-electron chi connectivity index (χ0n) is 16.9. The standard InChI is InChI=1S/C21H20ClNO6S2/c1-14-13-21(24)15(2)12-20(14)23(30(25,26)18-8-4-16(22)5-9-18)31(27,28)19-10-6-17(29-3)7-11-19/h4-13,24H,1-3H3. The van der Waals surface area contributed by atoms with Crippen LogP contribution in [0.4, 0.5) is 5.69 Å². The van der Waals surface area contributed by atoms with Crippen LogP contribution >= 0.6 is 11.6 Å². The lowest BCUT2D eigenvalue weighted by Crippen LogP contribution is -2.37. The Morgan fingerprint density at radius 2 is 1.29 bits per heavy atom. The molecule has 3 aromatic rings. The number of phenols is 1. The molecule has 31 heavy (non-hydrogen) atoms. The van der Waals surface area contributed by atoms with E-state index in [-0.39, 0.29) is 26.8 Å². The Morgan fingerprint density at radius 1 is 0.806 bits per heavy atom. The molecule has 3 rings (SSSR count). The van der Waals surface area contributed by atoms with E-state index in [1.165, 1.54) is 74.7 Å². The number of hydrogen-bond acceptors (Lipinski definition) is 6. The van der Waals surface area contributed by atoms with Gasteiger partial charge in [-0.1, -0.05) is 11.6 Å². The molecule has 7 nitrogen and oxygen atoms in total. The Labute approximate surface area is 186 Å². The predicted molar refractivity (Wildman–Crippen MR) is 119 cm³/mol. The summed E-state index contributed by atoms with van der Waals surface area (Å²) < 4.78 is 59.7. The molecule has 0 aliphatic rings. The highest BCUT2D eigenvalue weighted by Crippen LogP contribution is 2.36. The van der Waals surface area contributed by atoms with Crippen LogP contribution in [0.1, 0.15) is 11.1 Å². The average molecular weight is 482 g/mol. The second kappa shape index (κ2) is 8.41. The van der Waals surface area contributed by atoms with Crippen molar-refractivity contribution < 1.29 is 26.7 Å². The van der Waals surface area contributed by atoms with E-state index >= 15 is 0 Å². The summed E-state index contributed by atoms with van der Waals surface area (Å²) in [6.07, 6.45) is 0. The van der Waals surface area contributed by atoms with Crippen LogP contribution in [-0.2, 0) is 20.0 Å². The zero-order valence-corrected chi connectivity index (χ0v) is 19.3. The minimum Gasteiger partial charge on any atom is -0.508 e. The highest BCUT2D eigenvalue weighted by Gasteiger charge is 2.38. The molecule has 0 radical (unpaired) electrons. The fraction of sp³-hybridized carbons (Fsp3) is 0.143. The monoisotopic (exact) mass is 481 g/mol. The van der Waals surface area contributed by atoms with Gasteiger partial charge >= 0.3 is 0 Å². The fourth-order valence-electron chi connectivity index (χ4n) is 2.92. The normalized spacial score (nSPS) is 11.9. The summed E-state index contributed by atoms with van der Waals surface area (Å²) in [5.41, 5.74) is 0.487. The van der Waals surface area contributed by atoms with E-state index in [1.54, 1.807) is 6.92 Å². The Kier molecular flexibility index (Phi) is 6.22. The molecule has 0 saturated heterocycles. The van der Waals surface area contributed by atoms with Crippen molar-refractivity contribution in [2.24, 2.45) is 0 Å². The van der Waals surface area contributed by atoms with E-state index in [9.17, 15) is 21.9 Å². The third-order valence-electron chi connectivity index (χ3n) is 4.62. The molecule has 0 atom stereocenters. The maximum Gasteiger partial charge on any atom is 0.277 e. The quantitative estimate of drug-likeness (QED) is 0.564. The van der Waals surface area contributed by atoms with Crippen molar-refractivity contribution in [3.05, 3.63) is 76.8 Å². The third kappa shape index (κ3) is 4.34. The van der Waals surface area contributed by atoms with Gasteiger partial charge in [0.15, 0.2) is 0 Å². The van der Waals surface area contributed by atoms with Gasteiger partial charge in [0.25, 0.3) is 20.0 Å². The first-order valence-corrected chi connectivity index (χ1v) is 12.2. The van der Waals surface area contributed by atoms with E-state index in [0.29, 0.717) is 20.0 Å². The van der Waals surface area contributed by atoms with Crippen molar-refractivity contribution in [2.75, 3.05) is 10.8 Å². The van der Waals surface area contributed by atoms with Crippen LogP contribution in [0.15, 0.2) is 70.5 Å². The molecule has 0 saturated carbocycles.